The number of alkyl carbamates (subject to hydrolysis) is 1. The van der Waals surface area contributed by atoms with Crippen molar-refractivity contribution in [1.82, 2.24) is 10.6 Å². The highest BCUT2D eigenvalue weighted by molar-refractivity contribution is 5.68. The molecule has 1 saturated carbocycles. The molecule has 0 aromatic heterocycles. The lowest BCUT2D eigenvalue weighted by Gasteiger charge is -2.20. The van der Waals surface area contributed by atoms with Crippen LogP contribution in [0.25, 0.3) is 0 Å². The van der Waals surface area contributed by atoms with Crippen molar-refractivity contribution in [3.8, 4) is 0 Å². The van der Waals surface area contributed by atoms with Gasteiger partial charge in [-0.15, -0.1) is 0 Å². The average molecular weight is 256 g/mol. The summed E-state index contributed by atoms with van der Waals surface area (Å²) in [4.78, 5) is 11.5. The van der Waals surface area contributed by atoms with Gasteiger partial charge in [0.15, 0.2) is 0 Å². The van der Waals surface area contributed by atoms with E-state index in [0.717, 1.165) is 18.9 Å². The van der Waals surface area contributed by atoms with Crippen LogP contribution < -0.4 is 10.6 Å². The van der Waals surface area contributed by atoms with Crippen molar-refractivity contribution in [2.45, 2.75) is 71.6 Å². The second-order valence-corrected chi connectivity index (χ2v) is 6.19. The van der Waals surface area contributed by atoms with Crippen molar-refractivity contribution < 1.29 is 9.53 Å². The van der Waals surface area contributed by atoms with E-state index in [-0.39, 0.29) is 12.1 Å². The molecular weight excluding hydrogens is 228 g/mol. The van der Waals surface area contributed by atoms with Crippen LogP contribution in [-0.4, -0.2) is 30.3 Å². The van der Waals surface area contributed by atoms with Crippen LogP contribution in [-0.2, 0) is 4.74 Å². The lowest BCUT2D eigenvalue weighted by Crippen LogP contribution is -2.37. The number of nitrogens with one attached hydrogen (secondary N) is 2. The third kappa shape index (κ3) is 5.71. The summed E-state index contributed by atoms with van der Waals surface area (Å²) >= 11 is 0. The Morgan fingerprint density at radius 3 is 2.39 bits per heavy atom. The monoisotopic (exact) mass is 256 g/mol. The minimum absolute atomic E-state index is 0.245. The molecule has 1 rings (SSSR count). The average Bonchev–Trinajstić information content (AvgIpc) is 2.95. The number of carbonyl (C=O) groups is 1. The topological polar surface area (TPSA) is 50.4 Å². The zero-order chi connectivity index (χ0) is 13.8. The fourth-order valence-corrected chi connectivity index (χ4v) is 1.93. The smallest absolute Gasteiger partial charge is 0.407 e. The maximum atomic E-state index is 11.5. The number of ether oxygens (including phenoxy) is 1. The molecule has 1 fully saturated rings. The van der Waals surface area contributed by atoms with Gasteiger partial charge in [0.05, 0.1) is 0 Å². The van der Waals surface area contributed by atoms with Crippen LogP contribution in [0.5, 0.6) is 0 Å². The van der Waals surface area contributed by atoms with Gasteiger partial charge in [-0.05, 0) is 39.7 Å². The second kappa shape index (κ2) is 6.41. The van der Waals surface area contributed by atoms with E-state index in [0.29, 0.717) is 6.04 Å². The van der Waals surface area contributed by atoms with E-state index >= 15 is 0 Å². The van der Waals surface area contributed by atoms with Crippen LogP contribution >= 0.6 is 0 Å². The molecule has 0 aliphatic heterocycles. The van der Waals surface area contributed by atoms with Gasteiger partial charge in [-0.3, -0.25) is 0 Å². The molecule has 2 atom stereocenters. The molecule has 0 radical (unpaired) electrons. The van der Waals surface area contributed by atoms with Gasteiger partial charge in [-0.1, -0.05) is 26.7 Å². The standard InChI is InChI=1S/C14H28N2O2/c1-6-10(7-2)9-15-11-8-12(11)16-13(17)18-14(3,4)5/h10-12,15H,6-9H2,1-5H3,(H,16,17). The Hall–Kier alpha value is -0.770. The molecule has 1 aliphatic carbocycles. The van der Waals surface area contributed by atoms with Crippen LogP contribution in [0.2, 0.25) is 0 Å². The number of rotatable bonds is 6. The number of carbonyl (C=O) groups excluding carboxylic acids is 1. The number of hydrogen-bond acceptors (Lipinski definition) is 3. The number of hydrogen-bond donors (Lipinski definition) is 2. The van der Waals surface area contributed by atoms with Crippen molar-refractivity contribution in [2.24, 2.45) is 5.92 Å². The van der Waals surface area contributed by atoms with Crippen molar-refractivity contribution in [1.29, 1.82) is 0 Å². The first kappa shape index (κ1) is 15.3. The van der Waals surface area contributed by atoms with Crippen LogP contribution in [0.15, 0.2) is 0 Å². The van der Waals surface area contributed by atoms with E-state index in [2.05, 4.69) is 24.5 Å². The highest BCUT2D eigenvalue weighted by Crippen LogP contribution is 2.22. The highest BCUT2D eigenvalue weighted by atomic mass is 16.6. The van der Waals surface area contributed by atoms with Gasteiger partial charge < -0.3 is 15.4 Å². The Morgan fingerprint density at radius 1 is 1.28 bits per heavy atom. The molecule has 4 heteroatoms. The minimum Gasteiger partial charge on any atom is -0.444 e. The molecular formula is C14H28N2O2. The van der Waals surface area contributed by atoms with Gasteiger partial charge >= 0.3 is 6.09 Å². The Kier molecular flexibility index (Phi) is 5.45. The molecule has 2 N–H and O–H groups in total. The van der Waals surface area contributed by atoms with E-state index in [4.69, 9.17) is 4.74 Å². The minimum atomic E-state index is -0.419. The Balaban J connectivity index is 2.15. The molecule has 1 aliphatic rings. The first-order valence-electron chi connectivity index (χ1n) is 7.08. The summed E-state index contributed by atoms with van der Waals surface area (Å²) in [6.45, 7) is 11.1. The molecule has 0 saturated heterocycles. The van der Waals surface area contributed by atoms with Gasteiger partial charge in [-0.2, -0.15) is 0 Å². The molecule has 0 aromatic rings. The number of amides is 1. The Labute approximate surface area is 111 Å². The van der Waals surface area contributed by atoms with Crippen molar-refractivity contribution in [3.05, 3.63) is 0 Å². The van der Waals surface area contributed by atoms with Gasteiger partial charge in [0.2, 0.25) is 0 Å². The van der Waals surface area contributed by atoms with Gasteiger partial charge in [0, 0.05) is 12.1 Å². The summed E-state index contributed by atoms with van der Waals surface area (Å²) in [7, 11) is 0. The largest absolute Gasteiger partial charge is 0.444 e. The van der Waals surface area contributed by atoms with Crippen molar-refractivity contribution in [2.75, 3.05) is 6.54 Å². The zero-order valence-electron chi connectivity index (χ0n) is 12.4. The fraction of sp³-hybridized carbons (Fsp3) is 0.929. The molecule has 0 bridgehead atoms. The van der Waals surface area contributed by atoms with Crippen molar-refractivity contribution in [3.63, 3.8) is 0 Å². The van der Waals surface area contributed by atoms with Crippen LogP contribution in [0.4, 0.5) is 4.79 Å². The van der Waals surface area contributed by atoms with Gasteiger partial charge in [0.1, 0.15) is 5.60 Å². The fourth-order valence-electron chi connectivity index (χ4n) is 1.93. The highest BCUT2D eigenvalue weighted by Gasteiger charge is 2.39. The third-order valence-electron chi connectivity index (χ3n) is 3.32. The summed E-state index contributed by atoms with van der Waals surface area (Å²) < 4.78 is 5.23. The molecule has 4 nitrogen and oxygen atoms in total. The summed E-state index contributed by atoms with van der Waals surface area (Å²) in [6.07, 6.45) is 3.12. The predicted octanol–water partition coefficient (Wildman–Crippen LogP) is 2.68. The third-order valence-corrected chi connectivity index (χ3v) is 3.32. The van der Waals surface area contributed by atoms with Crippen LogP contribution in [0.1, 0.15) is 53.9 Å². The maximum absolute atomic E-state index is 11.5. The molecule has 0 spiro atoms. The zero-order valence-corrected chi connectivity index (χ0v) is 12.4. The lowest BCUT2D eigenvalue weighted by molar-refractivity contribution is 0.0522. The van der Waals surface area contributed by atoms with E-state index < -0.39 is 5.60 Å². The van der Waals surface area contributed by atoms with E-state index in [1.54, 1.807) is 0 Å². The van der Waals surface area contributed by atoms with Crippen LogP contribution in [0.3, 0.4) is 0 Å². The SMILES string of the molecule is CCC(CC)CNC1CC1NC(=O)OC(C)(C)C. The Bertz CT molecular complexity index is 269. The molecule has 0 aromatic carbocycles. The van der Waals surface area contributed by atoms with Crippen LogP contribution in [0, 0.1) is 5.92 Å². The summed E-state index contributed by atoms with van der Waals surface area (Å²) in [5, 5.41) is 6.40. The Morgan fingerprint density at radius 2 is 1.89 bits per heavy atom. The van der Waals surface area contributed by atoms with E-state index in [9.17, 15) is 4.79 Å². The molecule has 0 heterocycles. The summed E-state index contributed by atoms with van der Waals surface area (Å²) in [5.41, 5.74) is -0.419. The first-order valence-corrected chi connectivity index (χ1v) is 7.08. The summed E-state index contributed by atoms with van der Waals surface area (Å²) in [5.74, 6) is 0.743. The predicted molar refractivity (Wildman–Crippen MR) is 73.6 cm³/mol. The van der Waals surface area contributed by atoms with E-state index in [1.807, 2.05) is 20.8 Å². The molecule has 1 amide bonds. The molecule has 2 unspecified atom stereocenters. The quantitative estimate of drug-likeness (QED) is 0.768. The molecule has 106 valence electrons. The van der Waals surface area contributed by atoms with Gasteiger partial charge in [-0.25, -0.2) is 4.79 Å². The van der Waals surface area contributed by atoms with Gasteiger partial charge in [0.25, 0.3) is 0 Å². The maximum Gasteiger partial charge on any atom is 0.407 e. The van der Waals surface area contributed by atoms with E-state index in [1.165, 1.54) is 12.8 Å². The van der Waals surface area contributed by atoms with Crippen molar-refractivity contribution >= 4 is 6.09 Å². The lowest BCUT2D eigenvalue weighted by atomic mass is 10.0. The summed E-state index contributed by atoms with van der Waals surface area (Å²) in [6, 6.07) is 0.673. The normalized spacial score (nSPS) is 23.0. The molecule has 18 heavy (non-hydrogen) atoms. The second-order valence-electron chi connectivity index (χ2n) is 6.19. The first-order chi connectivity index (χ1) is 8.35.